The largest absolute Gasteiger partial charge is 0.475 e. The van der Waals surface area contributed by atoms with E-state index in [9.17, 15) is 5.11 Å². The number of aromatic nitrogens is 4. The van der Waals surface area contributed by atoms with E-state index >= 15 is 0 Å². The molecule has 8 nitrogen and oxygen atoms in total. The Bertz CT molecular complexity index is 713. The predicted octanol–water partition coefficient (Wildman–Crippen LogP) is 1.51. The molecule has 130 valence electrons. The van der Waals surface area contributed by atoms with Crippen molar-refractivity contribution in [3.63, 3.8) is 0 Å². The fourth-order valence-electron chi connectivity index (χ4n) is 2.78. The Morgan fingerprint density at radius 2 is 2.00 bits per heavy atom. The summed E-state index contributed by atoms with van der Waals surface area (Å²) in [5.41, 5.74) is 7.58. The summed E-state index contributed by atoms with van der Waals surface area (Å²) in [6.07, 6.45) is 0.378. The van der Waals surface area contributed by atoms with Crippen LogP contribution >= 0.6 is 0 Å². The Balaban J connectivity index is 1.87. The Morgan fingerprint density at radius 3 is 2.71 bits per heavy atom. The number of ether oxygens (including phenoxy) is 1. The van der Waals surface area contributed by atoms with Crippen molar-refractivity contribution in [2.45, 2.75) is 52.5 Å². The van der Waals surface area contributed by atoms with Gasteiger partial charge in [-0.3, -0.25) is 4.68 Å². The average molecular weight is 332 g/mol. The maximum Gasteiger partial charge on any atom is 0.225 e. The number of hydrogen-bond acceptors (Lipinski definition) is 7. The molecule has 2 aromatic rings. The summed E-state index contributed by atoms with van der Waals surface area (Å²) in [5, 5.41) is 14.2. The second-order valence-electron chi connectivity index (χ2n) is 6.32. The first-order chi connectivity index (χ1) is 11.4. The van der Waals surface area contributed by atoms with E-state index in [0.29, 0.717) is 18.1 Å². The number of nitrogen functional groups attached to an aromatic ring is 1. The van der Waals surface area contributed by atoms with Crippen LogP contribution in [0.15, 0.2) is 12.1 Å². The van der Waals surface area contributed by atoms with Gasteiger partial charge in [0.1, 0.15) is 5.82 Å². The molecule has 0 bridgehead atoms. The third kappa shape index (κ3) is 3.59. The molecule has 0 saturated heterocycles. The van der Waals surface area contributed by atoms with E-state index in [-0.39, 0.29) is 12.1 Å². The van der Waals surface area contributed by atoms with Gasteiger partial charge in [0.25, 0.3) is 0 Å². The van der Waals surface area contributed by atoms with E-state index in [1.54, 1.807) is 6.92 Å². The fraction of sp³-hybridized carbons (Fsp3) is 0.562. The lowest BCUT2D eigenvalue weighted by atomic mass is 10.2. The molecule has 0 spiro atoms. The second-order valence-corrected chi connectivity index (χ2v) is 6.32. The maximum absolute atomic E-state index is 9.74. The van der Waals surface area contributed by atoms with Gasteiger partial charge in [-0.15, -0.1) is 0 Å². The maximum atomic E-state index is 9.74. The number of aliphatic hydroxyl groups is 1. The van der Waals surface area contributed by atoms with Crippen LogP contribution in [0, 0.1) is 0 Å². The van der Waals surface area contributed by atoms with Crippen LogP contribution in [0.25, 0.3) is 0 Å². The first-order valence-electron chi connectivity index (χ1n) is 8.23. The van der Waals surface area contributed by atoms with Crippen LogP contribution in [-0.4, -0.2) is 37.5 Å². The van der Waals surface area contributed by atoms with E-state index in [0.717, 1.165) is 31.0 Å². The lowest BCUT2D eigenvalue weighted by Gasteiger charge is -2.22. The lowest BCUT2D eigenvalue weighted by Crippen LogP contribution is -2.24. The van der Waals surface area contributed by atoms with Gasteiger partial charge in [0, 0.05) is 19.2 Å². The van der Waals surface area contributed by atoms with Crippen molar-refractivity contribution in [1.82, 2.24) is 19.7 Å². The van der Waals surface area contributed by atoms with Gasteiger partial charge in [-0.1, -0.05) is 0 Å². The smallest absolute Gasteiger partial charge is 0.225 e. The summed E-state index contributed by atoms with van der Waals surface area (Å²) >= 11 is 0. The molecule has 1 aliphatic heterocycles. The van der Waals surface area contributed by atoms with Gasteiger partial charge >= 0.3 is 0 Å². The van der Waals surface area contributed by atoms with Gasteiger partial charge in [-0.2, -0.15) is 15.1 Å². The van der Waals surface area contributed by atoms with E-state index in [2.05, 4.69) is 20.0 Å². The monoisotopic (exact) mass is 332 g/mol. The van der Waals surface area contributed by atoms with E-state index in [4.69, 9.17) is 10.5 Å². The van der Waals surface area contributed by atoms with Crippen LogP contribution in [0.2, 0.25) is 0 Å². The summed E-state index contributed by atoms with van der Waals surface area (Å²) in [7, 11) is 0. The number of aryl methyl sites for hydroxylation is 1. The fourth-order valence-corrected chi connectivity index (χ4v) is 2.78. The number of rotatable bonds is 4. The van der Waals surface area contributed by atoms with Gasteiger partial charge < -0.3 is 20.5 Å². The zero-order valence-electron chi connectivity index (χ0n) is 14.3. The minimum Gasteiger partial charge on any atom is -0.475 e. The minimum absolute atomic E-state index is 0.0197. The Morgan fingerprint density at radius 1 is 1.21 bits per heavy atom. The van der Waals surface area contributed by atoms with Crippen LogP contribution < -0.4 is 15.4 Å². The van der Waals surface area contributed by atoms with Crippen LogP contribution in [0.3, 0.4) is 0 Å². The van der Waals surface area contributed by atoms with E-state index in [1.165, 1.54) is 0 Å². The van der Waals surface area contributed by atoms with Crippen molar-refractivity contribution in [3.05, 3.63) is 23.5 Å². The van der Waals surface area contributed by atoms with Crippen molar-refractivity contribution in [2.24, 2.45) is 0 Å². The molecule has 0 fully saturated rings. The van der Waals surface area contributed by atoms with Gasteiger partial charge in [-0.25, -0.2) is 0 Å². The molecule has 3 N–H and O–H groups in total. The number of aliphatic hydroxyl groups excluding tert-OH is 1. The van der Waals surface area contributed by atoms with Gasteiger partial charge in [0.05, 0.1) is 30.1 Å². The number of fused-ring (bicyclic) bond motifs is 1. The Labute approximate surface area is 141 Å². The molecule has 0 saturated carbocycles. The molecule has 0 aromatic carbocycles. The molecule has 0 radical (unpaired) electrons. The molecule has 8 heteroatoms. The van der Waals surface area contributed by atoms with Crippen LogP contribution in [0.5, 0.6) is 5.88 Å². The number of nitrogens with zero attached hydrogens (tertiary/aromatic N) is 5. The number of anilines is 2. The third-order valence-corrected chi connectivity index (χ3v) is 3.85. The SMILES string of the molecule is CC(C)Oc1cc(N2CCCn3nc([C@H](C)O)cc3C2)nc(N)n1. The van der Waals surface area contributed by atoms with Crippen molar-refractivity contribution in [2.75, 3.05) is 17.2 Å². The normalized spacial score (nSPS) is 16.0. The molecule has 3 heterocycles. The molecule has 0 unspecified atom stereocenters. The quantitative estimate of drug-likeness (QED) is 0.874. The summed E-state index contributed by atoms with van der Waals surface area (Å²) in [5.74, 6) is 1.42. The Hall–Kier alpha value is -2.35. The topological polar surface area (TPSA) is 102 Å². The molecule has 0 aliphatic carbocycles. The summed E-state index contributed by atoms with van der Waals surface area (Å²) in [6.45, 7) is 7.91. The average Bonchev–Trinajstić information content (AvgIpc) is 2.78. The van der Waals surface area contributed by atoms with E-state index in [1.807, 2.05) is 30.7 Å². The highest BCUT2D eigenvalue weighted by Gasteiger charge is 2.20. The van der Waals surface area contributed by atoms with Crippen molar-refractivity contribution >= 4 is 11.8 Å². The van der Waals surface area contributed by atoms with Crippen molar-refractivity contribution in [1.29, 1.82) is 0 Å². The second kappa shape index (κ2) is 6.64. The zero-order valence-corrected chi connectivity index (χ0v) is 14.3. The van der Waals surface area contributed by atoms with Crippen molar-refractivity contribution in [3.8, 4) is 5.88 Å². The van der Waals surface area contributed by atoms with Crippen LogP contribution in [-0.2, 0) is 13.1 Å². The Kier molecular flexibility index (Phi) is 4.57. The zero-order chi connectivity index (χ0) is 17.3. The molecule has 0 amide bonds. The summed E-state index contributed by atoms with van der Waals surface area (Å²) < 4.78 is 7.61. The molecular formula is C16H24N6O2. The van der Waals surface area contributed by atoms with Crippen molar-refractivity contribution < 1.29 is 9.84 Å². The number of nitrogens with two attached hydrogens (primary N) is 1. The predicted molar refractivity (Wildman–Crippen MR) is 90.7 cm³/mol. The first-order valence-corrected chi connectivity index (χ1v) is 8.23. The molecular weight excluding hydrogens is 308 g/mol. The molecule has 24 heavy (non-hydrogen) atoms. The molecule has 2 aromatic heterocycles. The van der Waals surface area contributed by atoms with Crippen LogP contribution in [0.4, 0.5) is 11.8 Å². The molecule has 1 atom stereocenters. The molecule has 1 aliphatic rings. The standard InChI is InChI=1S/C16H24N6O2/c1-10(2)24-15-8-14(18-16(17)19-15)21-5-4-6-22-12(9-21)7-13(20-22)11(3)23/h7-8,10-11,23H,4-6,9H2,1-3H3,(H2,17,18,19)/t11-/m0/s1. The van der Waals surface area contributed by atoms with Gasteiger partial charge in [0.15, 0.2) is 0 Å². The minimum atomic E-state index is -0.571. The summed E-state index contributed by atoms with van der Waals surface area (Å²) in [4.78, 5) is 10.6. The van der Waals surface area contributed by atoms with Crippen LogP contribution in [0.1, 0.15) is 44.7 Å². The van der Waals surface area contributed by atoms with Gasteiger partial charge in [-0.05, 0) is 33.3 Å². The lowest BCUT2D eigenvalue weighted by molar-refractivity contribution is 0.193. The van der Waals surface area contributed by atoms with Gasteiger partial charge in [0.2, 0.25) is 11.8 Å². The number of hydrogen-bond donors (Lipinski definition) is 2. The third-order valence-electron chi connectivity index (χ3n) is 3.85. The first kappa shape index (κ1) is 16.5. The highest BCUT2D eigenvalue weighted by Crippen LogP contribution is 2.24. The highest BCUT2D eigenvalue weighted by molar-refractivity contribution is 5.46. The van der Waals surface area contributed by atoms with E-state index < -0.39 is 6.10 Å². The summed E-state index contributed by atoms with van der Waals surface area (Å²) in [6, 6.07) is 3.76. The molecule has 3 rings (SSSR count). The highest BCUT2D eigenvalue weighted by atomic mass is 16.5.